The maximum absolute atomic E-state index is 12.1. The molecule has 0 aliphatic carbocycles. The van der Waals surface area contributed by atoms with E-state index in [0.717, 1.165) is 6.07 Å². The van der Waals surface area contributed by atoms with Gasteiger partial charge in [-0.25, -0.2) is 8.78 Å². The average molecular weight is 239 g/mol. The number of nitrogens with two attached hydrogens (primary N) is 1. The van der Waals surface area contributed by atoms with E-state index in [4.69, 9.17) is 5.73 Å². The highest BCUT2D eigenvalue weighted by molar-refractivity contribution is 9.10. The Bertz CT molecular complexity index is 350. The highest BCUT2D eigenvalue weighted by Gasteiger charge is 2.14. The summed E-state index contributed by atoms with van der Waals surface area (Å²) in [4.78, 5) is 13.1. The van der Waals surface area contributed by atoms with Crippen LogP contribution in [0.2, 0.25) is 0 Å². The molecule has 0 atom stereocenters. The molecular formula is C6H5BrF2N2O. The highest BCUT2D eigenvalue weighted by Crippen LogP contribution is 2.22. The van der Waals surface area contributed by atoms with Crippen molar-refractivity contribution in [2.45, 2.75) is 6.43 Å². The molecule has 0 aromatic carbocycles. The number of alkyl halides is 2. The Balaban J connectivity index is 3.38. The second-order valence-corrected chi connectivity index (χ2v) is 2.91. The number of anilines is 1. The smallest absolute Gasteiger partial charge is 0.279 e. The molecule has 0 fully saturated rings. The van der Waals surface area contributed by atoms with Gasteiger partial charge in [0, 0.05) is 6.07 Å². The van der Waals surface area contributed by atoms with Gasteiger partial charge in [0.25, 0.3) is 6.43 Å². The normalized spacial score (nSPS) is 10.7. The van der Waals surface area contributed by atoms with Crippen LogP contribution in [-0.4, -0.2) is 4.98 Å². The fourth-order valence-electron chi connectivity index (χ4n) is 0.734. The zero-order chi connectivity index (χ0) is 9.30. The van der Waals surface area contributed by atoms with Crippen LogP contribution in [-0.2, 0) is 0 Å². The first-order valence-electron chi connectivity index (χ1n) is 2.98. The number of nitrogens with one attached hydrogen (secondary N) is 1. The standard InChI is InChI=1S/C6H5BrF2N2O/c7-4-2(12)1-3(10)11-5(4)6(8)9/h1,6H,(H3,10,11,12). The fraction of sp³-hybridized carbons (Fsp3) is 0.167. The van der Waals surface area contributed by atoms with Crippen LogP contribution in [0.15, 0.2) is 15.3 Å². The summed E-state index contributed by atoms with van der Waals surface area (Å²) in [6, 6.07) is 1.04. The molecule has 3 N–H and O–H groups in total. The van der Waals surface area contributed by atoms with Gasteiger partial charge >= 0.3 is 0 Å². The van der Waals surface area contributed by atoms with E-state index in [1.54, 1.807) is 0 Å². The number of rotatable bonds is 1. The average Bonchev–Trinajstić information content (AvgIpc) is 1.96. The molecule has 12 heavy (non-hydrogen) atoms. The number of nitrogen functional groups attached to an aromatic ring is 1. The summed E-state index contributed by atoms with van der Waals surface area (Å²) < 4.78 is 24.1. The van der Waals surface area contributed by atoms with Gasteiger partial charge in [-0.1, -0.05) is 0 Å². The Morgan fingerprint density at radius 3 is 2.67 bits per heavy atom. The Kier molecular flexibility index (Phi) is 2.46. The number of aromatic nitrogens is 1. The molecule has 0 unspecified atom stereocenters. The van der Waals surface area contributed by atoms with Gasteiger partial charge in [-0.15, -0.1) is 0 Å². The molecule has 0 spiro atoms. The maximum atomic E-state index is 12.1. The molecule has 0 radical (unpaired) electrons. The minimum atomic E-state index is -2.74. The third-order valence-corrected chi connectivity index (χ3v) is 2.05. The summed E-state index contributed by atoms with van der Waals surface area (Å²) in [6.45, 7) is 0. The van der Waals surface area contributed by atoms with Gasteiger partial charge < -0.3 is 10.7 Å². The van der Waals surface area contributed by atoms with Gasteiger partial charge in [-0.05, 0) is 15.9 Å². The van der Waals surface area contributed by atoms with Crippen LogP contribution >= 0.6 is 15.9 Å². The van der Waals surface area contributed by atoms with Crippen LogP contribution in [0.1, 0.15) is 12.1 Å². The van der Waals surface area contributed by atoms with E-state index in [0.29, 0.717) is 0 Å². The van der Waals surface area contributed by atoms with E-state index in [-0.39, 0.29) is 10.3 Å². The quantitative estimate of drug-likeness (QED) is 0.782. The molecular weight excluding hydrogens is 234 g/mol. The number of hydrogen-bond donors (Lipinski definition) is 2. The van der Waals surface area contributed by atoms with Crippen molar-refractivity contribution >= 4 is 21.7 Å². The summed E-state index contributed by atoms with van der Waals surface area (Å²) in [5.74, 6) is -0.0708. The topological polar surface area (TPSA) is 58.9 Å². The summed E-state index contributed by atoms with van der Waals surface area (Å²) in [7, 11) is 0. The largest absolute Gasteiger partial charge is 0.385 e. The first kappa shape index (κ1) is 9.18. The van der Waals surface area contributed by atoms with Gasteiger partial charge in [-0.2, -0.15) is 0 Å². The lowest BCUT2D eigenvalue weighted by molar-refractivity contribution is 0.145. The van der Waals surface area contributed by atoms with E-state index in [2.05, 4.69) is 20.9 Å². The summed E-state index contributed by atoms with van der Waals surface area (Å²) in [6.07, 6.45) is -2.74. The lowest BCUT2D eigenvalue weighted by Gasteiger charge is -2.03. The number of halogens is 3. The third-order valence-electron chi connectivity index (χ3n) is 1.24. The van der Waals surface area contributed by atoms with Gasteiger partial charge in [0.05, 0.1) is 4.47 Å². The Morgan fingerprint density at radius 1 is 1.58 bits per heavy atom. The predicted octanol–water partition coefficient (Wildman–Crippen LogP) is 1.66. The minimum Gasteiger partial charge on any atom is -0.385 e. The lowest BCUT2D eigenvalue weighted by Crippen LogP contribution is -2.09. The molecule has 66 valence electrons. The molecule has 0 saturated heterocycles. The number of H-pyrrole nitrogens is 1. The Labute approximate surface area is 74.7 Å². The van der Waals surface area contributed by atoms with Crippen LogP contribution in [0, 0.1) is 0 Å². The first-order chi connectivity index (χ1) is 5.52. The lowest BCUT2D eigenvalue weighted by atomic mass is 10.3. The van der Waals surface area contributed by atoms with Gasteiger partial charge in [0.15, 0.2) is 5.43 Å². The van der Waals surface area contributed by atoms with Crippen molar-refractivity contribution in [1.82, 2.24) is 4.98 Å². The molecule has 0 amide bonds. The van der Waals surface area contributed by atoms with Crippen molar-refractivity contribution in [1.29, 1.82) is 0 Å². The molecule has 1 rings (SSSR count). The zero-order valence-electron chi connectivity index (χ0n) is 5.77. The zero-order valence-corrected chi connectivity index (χ0v) is 7.36. The number of aromatic amines is 1. The summed E-state index contributed by atoms with van der Waals surface area (Å²) >= 11 is 2.74. The fourth-order valence-corrected chi connectivity index (χ4v) is 1.12. The molecule has 0 bridgehead atoms. The summed E-state index contributed by atoms with van der Waals surface area (Å²) in [5.41, 5.74) is 4.12. The molecule has 0 saturated carbocycles. The number of pyridine rings is 1. The van der Waals surface area contributed by atoms with Crippen LogP contribution < -0.4 is 11.2 Å². The third kappa shape index (κ3) is 1.63. The predicted molar refractivity (Wildman–Crippen MR) is 44.1 cm³/mol. The molecule has 1 aromatic heterocycles. The molecule has 3 nitrogen and oxygen atoms in total. The van der Waals surface area contributed by atoms with Gasteiger partial charge in [-0.3, -0.25) is 4.79 Å². The van der Waals surface area contributed by atoms with Gasteiger partial charge in [0.2, 0.25) is 0 Å². The molecule has 6 heteroatoms. The second kappa shape index (κ2) is 3.22. The Morgan fingerprint density at radius 2 is 2.17 bits per heavy atom. The SMILES string of the molecule is Nc1cc(=O)c(Br)c(C(F)F)[nH]1. The maximum Gasteiger partial charge on any atom is 0.279 e. The van der Waals surface area contributed by atoms with Gasteiger partial charge in [0.1, 0.15) is 11.5 Å². The van der Waals surface area contributed by atoms with Crippen molar-refractivity contribution in [2.75, 3.05) is 5.73 Å². The van der Waals surface area contributed by atoms with Crippen LogP contribution in [0.4, 0.5) is 14.6 Å². The van der Waals surface area contributed by atoms with E-state index in [1.165, 1.54) is 0 Å². The van der Waals surface area contributed by atoms with Crippen LogP contribution in [0.25, 0.3) is 0 Å². The monoisotopic (exact) mass is 238 g/mol. The number of hydrogen-bond acceptors (Lipinski definition) is 2. The van der Waals surface area contributed by atoms with Crippen molar-refractivity contribution < 1.29 is 8.78 Å². The Hall–Kier alpha value is -0.910. The second-order valence-electron chi connectivity index (χ2n) is 2.12. The molecule has 1 aromatic rings. The van der Waals surface area contributed by atoms with E-state index < -0.39 is 17.5 Å². The van der Waals surface area contributed by atoms with E-state index in [1.807, 2.05) is 0 Å². The van der Waals surface area contributed by atoms with Crippen molar-refractivity contribution in [3.05, 3.63) is 26.5 Å². The summed E-state index contributed by atoms with van der Waals surface area (Å²) in [5, 5.41) is 0. The van der Waals surface area contributed by atoms with Crippen molar-refractivity contribution in [3.63, 3.8) is 0 Å². The first-order valence-corrected chi connectivity index (χ1v) is 3.78. The van der Waals surface area contributed by atoms with Crippen LogP contribution in [0.5, 0.6) is 0 Å². The highest BCUT2D eigenvalue weighted by atomic mass is 79.9. The van der Waals surface area contributed by atoms with E-state index >= 15 is 0 Å². The van der Waals surface area contributed by atoms with Crippen LogP contribution in [0.3, 0.4) is 0 Å². The van der Waals surface area contributed by atoms with Crippen molar-refractivity contribution in [2.24, 2.45) is 0 Å². The minimum absolute atomic E-state index is 0.0708. The molecule has 1 heterocycles. The van der Waals surface area contributed by atoms with E-state index in [9.17, 15) is 13.6 Å². The molecule has 0 aliphatic heterocycles. The van der Waals surface area contributed by atoms with Crippen molar-refractivity contribution in [3.8, 4) is 0 Å². The molecule has 0 aliphatic rings.